The Bertz CT molecular complexity index is 1930. The number of benzene rings is 4. The van der Waals surface area contributed by atoms with Gasteiger partial charge in [-0.1, -0.05) is 104 Å². The Morgan fingerprint density at radius 3 is 2.40 bits per heavy atom. The zero-order valence-corrected chi connectivity index (χ0v) is 26.8. The standard InChI is InChI=1S/C35H31N3O5S2/c1-20(2)21-12-14-23(15-13-21)30-29(31(39)24-16-17-27(42-3)28(18-24)43-4)32(40)33(41)38(30)34-36-37-35(45-34)44-19-25-10-7-9-22-8-5-6-11-26(22)25/h5-18,20,30,39H,19H2,1-4H3/b31-29-. The van der Waals surface area contributed by atoms with Crippen LogP contribution in [0, 0.1) is 0 Å². The summed E-state index contributed by atoms with van der Waals surface area (Å²) in [6, 6.07) is 26.1. The third kappa shape index (κ3) is 5.79. The molecule has 6 rings (SSSR count). The van der Waals surface area contributed by atoms with Gasteiger partial charge in [-0.05, 0) is 51.6 Å². The molecule has 0 spiro atoms. The molecule has 45 heavy (non-hydrogen) atoms. The van der Waals surface area contributed by atoms with Gasteiger partial charge in [0.25, 0.3) is 5.78 Å². The van der Waals surface area contributed by atoms with E-state index in [9.17, 15) is 14.7 Å². The quantitative estimate of drug-likeness (QED) is 0.0576. The number of carbonyl (C=O) groups is 2. The minimum absolute atomic E-state index is 0.0373. The zero-order valence-electron chi connectivity index (χ0n) is 25.2. The lowest BCUT2D eigenvalue weighted by molar-refractivity contribution is -0.132. The van der Waals surface area contributed by atoms with Crippen molar-refractivity contribution in [3.63, 3.8) is 0 Å². The van der Waals surface area contributed by atoms with Gasteiger partial charge in [0.1, 0.15) is 5.76 Å². The lowest BCUT2D eigenvalue weighted by atomic mass is 9.93. The molecule has 0 aliphatic carbocycles. The molecule has 1 N–H and O–H groups in total. The lowest BCUT2D eigenvalue weighted by Gasteiger charge is -2.23. The van der Waals surface area contributed by atoms with Gasteiger partial charge in [-0.2, -0.15) is 0 Å². The highest BCUT2D eigenvalue weighted by Crippen LogP contribution is 2.45. The molecule has 1 aliphatic heterocycles. The van der Waals surface area contributed by atoms with E-state index in [4.69, 9.17) is 9.47 Å². The number of ether oxygens (including phenoxy) is 2. The first kappa shape index (κ1) is 30.4. The molecule has 1 saturated heterocycles. The fourth-order valence-electron chi connectivity index (χ4n) is 5.46. The van der Waals surface area contributed by atoms with Crippen LogP contribution in [-0.2, 0) is 15.3 Å². The SMILES string of the molecule is COc1ccc(/C(O)=C2/C(=O)C(=O)N(c3nnc(SCc4cccc5ccccc45)s3)C2c2ccc(C(C)C)cc2)cc1OC. The van der Waals surface area contributed by atoms with Gasteiger partial charge in [-0.15, -0.1) is 10.2 Å². The van der Waals surface area contributed by atoms with Crippen molar-refractivity contribution in [3.05, 3.63) is 113 Å². The molecular formula is C35H31N3O5S2. The second kappa shape index (κ2) is 12.7. The first-order valence-electron chi connectivity index (χ1n) is 14.4. The maximum Gasteiger partial charge on any atom is 0.301 e. The van der Waals surface area contributed by atoms with E-state index in [1.165, 1.54) is 47.6 Å². The molecule has 2 heterocycles. The summed E-state index contributed by atoms with van der Waals surface area (Å²) in [7, 11) is 3.00. The highest BCUT2D eigenvalue weighted by atomic mass is 32.2. The van der Waals surface area contributed by atoms with E-state index in [0.29, 0.717) is 38.6 Å². The Balaban J connectivity index is 1.39. The fourth-order valence-corrected chi connectivity index (χ4v) is 7.33. The molecule has 1 aromatic heterocycles. The van der Waals surface area contributed by atoms with Crippen molar-refractivity contribution < 1.29 is 24.2 Å². The molecule has 1 atom stereocenters. The van der Waals surface area contributed by atoms with Crippen LogP contribution in [0.25, 0.3) is 16.5 Å². The Morgan fingerprint density at radius 2 is 1.67 bits per heavy atom. The first-order chi connectivity index (χ1) is 21.8. The van der Waals surface area contributed by atoms with Crippen molar-refractivity contribution in [2.75, 3.05) is 19.1 Å². The highest BCUT2D eigenvalue weighted by Gasteiger charge is 2.48. The average molecular weight is 638 g/mol. The fraction of sp³-hybridized carbons (Fsp3) is 0.200. The number of fused-ring (bicyclic) bond motifs is 1. The van der Waals surface area contributed by atoms with E-state index in [2.05, 4.69) is 48.3 Å². The summed E-state index contributed by atoms with van der Waals surface area (Å²) in [6.45, 7) is 4.19. The number of aromatic nitrogens is 2. The number of Topliss-reactive ketones (excluding diaryl/α,β-unsaturated/α-hetero) is 1. The molecule has 0 saturated carbocycles. The third-order valence-corrected chi connectivity index (χ3v) is 9.96. The molecule has 5 aromatic rings. The largest absolute Gasteiger partial charge is 0.507 e. The molecule has 1 fully saturated rings. The van der Waals surface area contributed by atoms with Gasteiger partial charge in [0.15, 0.2) is 15.8 Å². The molecule has 0 bridgehead atoms. The second-order valence-electron chi connectivity index (χ2n) is 10.8. The van der Waals surface area contributed by atoms with E-state index in [-0.39, 0.29) is 16.5 Å². The predicted molar refractivity (Wildman–Crippen MR) is 178 cm³/mol. The van der Waals surface area contributed by atoms with Crippen molar-refractivity contribution in [2.24, 2.45) is 0 Å². The molecule has 228 valence electrons. The maximum absolute atomic E-state index is 13.7. The molecule has 1 unspecified atom stereocenters. The number of aliphatic hydroxyl groups excluding tert-OH is 1. The lowest BCUT2D eigenvalue weighted by Crippen LogP contribution is -2.29. The summed E-state index contributed by atoms with van der Waals surface area (Å²) < 4.78 is 11.4. The van der Waals surface area contributed by atoms with E-state index in [1.807, 2.05) is 42.5 Å². The van der Waals surface area contributed by atoms with Crippen molar-refractivity contribution in [3.8, 4) is 11.5 Å². The Hall–Kier alpha value is -4.67. The van der Waals surface area contributed by atoms with Crippen molar-refractivity contribution in [1.82, 2.24) is 10.2 Å². The Labute approximate surface area is 269 Å². The summed E-state index contributed by atoms with van der Waals surface area (Å²) in [4.78, 5) is 28.7. The number of aliphatic hydroxyl groups is 1. The van der Waals surface area contributed by atoms with E-state index < -0.39 is 17.7 Å². The molecule has 0 radical (unpaired) electrons. The van der Waals surface area contributed by atoms with E-state index >= 15 is 0 Å². The summed E-state index contributed by atoms with van der Waals surface area (Å²) in [5, 5.41) is 22.9. The average Bonchev–Trinajstić information content (AvgIpc) is 3.64. The normalized spacial score (nSPS) is 16.1. The van der Waals surface area contributed by atoms with Crippen LogP contribution < -0.4 is 14.4 Å². The molecule has 4 aromatic carbocycles. The van der Waals surface area contributed by atoms with E-state index in [1.54, 1.807) is 18.2 Å². The number of ketones is 1. The van der Waals surface area contributed by atoms with Gasteiger partial charge >= 0.3 is 5.91 Å². The van der Waals surface area contributed by atoms with Crippen LogP contribution in [0.1, 0.15) is 48.1 Å². The number of amides is 1. The van der Waals surface area contributed by atoms with Crippen LogP contribution in [0.4, 0.5) is 5.13 Å². The minimum Gasteiger partial charge on any atom is -0.507 e. The van der Waals surface area contributed by atoms with Gasteiger partial charge < -0.3 is 14.6 Å². The number of rotatable bonds is 9. The van der Waals surface area contributed by atoms with Crippen LogP contribution >= 0.6 is 23.1 Å². The molecule has 10 heteroatoms. The van der Waals surface area contributed by atoms with Crippen LogP contribution in [0.15, 0.2) is 94.8 Å². The number of thioether (sulfide) groups is 1. The summed E-state index contributed by atoms with van der Waals surface area (Å²) in [5.74, 6) is -0.0966. The van der Waals surface area contributed by atoms with E-state index in [0.717, 1.165) is 16.5 Å². The number of anilines is 1. The number of methoxy groups -OCH3 is 2. The zero-order chi connectivity index (χ0) is 31.7. The first-order valence-corrected chi connectivity index (χ1v) is 16.2. The smallest absolute Gasteiger partial charge is 0.301 e. The summed E-state index contributed by atoms with van der Waals surface area (Å²) >= 11 is 2.76. The Morgan fingerprint density at radius 1 is 0.933 bits per heavy atom. The maximum atomic E-state index is 13.7. The number of carbonyl (C=O) groups excluding carboxylic acids is 2. The van der Waals surface area contributed by atoms with Gasteiger partial charge in [-0.3, -0.25) is 14.5 Å². The molecule has 1 aliphatic rings. The van der Waals surface area contributed by atoms with Gasteiger partial charge in [0.05, 0.1) is 25.8 Å². The topological polar surface area (TPSA) is 102 Å². The van der Waals surface area contributed by atoms with Crippen LogP contribution in [0.2, 0.25) is 0 Å². The third-order valence-electron chi connectivity index (χ3n) is 7.85. The van der Waals surface area contributed by atoms with Crippen molar-refractivity contribution in [2.45, 2.75) is 35.9 Å². The monoisotopic (exact) mass is 637 g/mol. The van der Waals surface area contributed by atoms with Gasteiger partial charge in [-0.25, -0.2) is 0 Å². The molecular weight excluding hydrogens is 607 g/mol. The second-order valence-corrected chi connectivity index (χ2v) is 13.0. The Kier molecular flexibility index (Phi) is 8.60. The molecule has 1 amide bonds. The van der Waals surface area contributed by atoms with Crippen molar-refractivity contribution in [1.29, 1.82) is 0 Å². The van der Waals surface area contributed by atoms with Gasteiger partial charge in [0.2, 0.25) is 5.13 Å². The predicted octanol–water partition coefficient (Wildman–Crippen LogP) is 7.75. The highest BCUT2D eigenvalue weighted by molar-refractivity contribution is 8.00. The van der Waals surface area contributed by atoms with Crippen LogP contribution in [0.5, 0.6) is 11.5 Å². The van der Waals surface area contributed by atoms with Crippen LogP contribution in [-0.4, -0.2) is 41.2 Å². The van der Waals surface area contributed by atoms with Crippen molar-refractivity contribution >= 4 is 56.5 Å². The number of nitrogens with zero attached hydrogens (tertiary/aromatic N) is 3. The summed E-state index contributed by atoms with van der Waals surface area (Å²) in [5.41, 5.74) is 3.22. The molecule has 8 nitrogen and oxygen atoms in total. The number of hydrogen-bond acceptors (Lipinski definition) is 9. The number of hydrogen-bond donors (Lipinski definition) is 1. The minimum atomic E-state index is -0.914. The summed E-state index contributed by atoms with van der Waals surface area (Å²) in [6.07, 6.45) is 0. The van der Waals surface area contributed by atoms with Gasteiger partial charge in [0, 0.05) is 11.3 Å². The van der Waals surface area contributed by atoms with Crippen LogP contribution in [0.3, 0.4) is 0 Å².